The van der Waals surface area contributed by atoms with E-state index in [0.717, 1.165) is 10.9 Å². The molecule has 0 amide bonds. The van der Waals surface area contributed by atoms with Gasteiger partial charge in [-0.25, -0.2) is 4.98 Å². The predicted molar refractivity (Wildman–Crippen MR) is 73.8 cm³/mol. The van der Waals surface area contributed by atoms with Crippen LogP contribution in [-0.4, -0.2) is 21.2 Å². The average molecular weight is 270 g/mol. The molecule has 1 aromatic carbocycles. The zero-order valence-corrected chi connectivity index (χ0v) is 11.0. The first-order valence-electron chi connectivity index (χ1n) is 5.73. The second-order valence-corrected chi connectivity index (χ2v) is 5.01. The van der Waals surface area contributed by atoms with E-state index in [2.05, 4.69) is 4.98 Å². The Hall–Kier alpha value is -2.27. The number of hydrogen-bond donors (Lipinski definition) is 0. The molecule has 19 heavy (non-hydrogen) atoms. The third kappa shape index (κ3) is 1.88. The van der Waals surface area contributed by atoms with Crippen LogP contribution in [0.25, 0.3) is 10.9 Å². The summed E-state index contributed by atoms with van der Waals surface area (Å²) in [7, 11) is 0. The Morgan fingerprint density at radius 2 is 2.05 bits per heavy atom. The molecule has 0 aliphatic rings. The van der Waals surface area contributed by atoms with Crippen molar-refractivity contribution in [2.75, 3.05) is 0 Å². The van der Waals surface area contributed by atoms with Gasteiger partial charge in [0.1, 0.15) is 0 Å². The molecular weight excluding hydrogens is 260 g/mol. The van der Waals surface area contributed by atoms with E-state index in [4.69, 9.17) is 0 Å². The van der Waals surface area contributed by atoms with Crippen molar-refractivity contribution in [3.8, 4) is 0 Å². The Morgan fingerprint density at radius 3 is 2.74 bits per heavy atom. The number of thiazole rings is 1. The number of rotatable bonds is 2. The molecule has 0 fully saturated rings. The number of hydrogen-bond acceptors (Lipinski definition) is 4. The van der Waals surface area contributed by atoms with Gasteiger partial charge in [0, 0.05) is 30.1 Å². The summed E-state index contributed by atoms with van der Waals surface area (Å²) in [4.78, 5) is 28.0. The molecule has 0 bridgehead atoms. The summed E-state index contributed by atoms with van der Waals surface area (Å²) in [6.45, 7) is 1.48. The minimum Gasteiger partial charge on any atom is -0.287 e. The largest absolute Gasteiger partial charge is 0.287 e. The van der Waals surface area contributed by atoms with Gasteiger partial charge in [-0.3, -0.25) is 14.2 Å². The summed E-state index contributed by atoms with van der Waals surface area (Å²) in [5.74, 6) is -0.263. The van der Waals surface area contributed by atoms with E-state index in [1.54, 1.807) is 17.8 Å². The van der Waals surface area contributed by atoms with E-state index in [9.17, 15) is 9.59 Å². The van der Waals surface area contributed by atoms with Crippen LogP contribution in [0, 0.1) is 0 Å². The Balaban J connectivity index is 2.25. The van der Waals surface area contributed by atoms with Crippen LogP contribution in [0.5, 0.6) is 0 Å². The zero-order chi connectivity index (χ0) is 13.4. The molecule has 0 atom stereocenters. The molecule has 0 spiro atoms. The highest BCUT2D eigenvalue weighted by molar-refractivity contribution is 7.11. The minimum atomic E-state index is -0.147. The maximum Gasteiger partial charge on any atom is 0.227 e. The highest BCUT2D eigenvalue weighted by Gasteiger charge is 2.19. The Kier molecular flexibility index (Phi) is 2.76. The lowest BCUT2D eigenvalue weighted by molar-refractivity contribution is 0.0941. The highest BCUT2D eigenvalue weighted by atomic mass is 32.1. The summed E-state index contributed by atoms with van der Waals surface area (Å²) >= 11 is 1.30. The quantitative estimate of drug-likeness (QED) is 0.673. The number of nitrogens with zero attached hydrogens (tertiary/aromatic N) is 2. The van der Waals surface area contributed by atoms with Crippen LogP contribution >= 0.6 is 11.3 Å². The summed E-state index contributed by atoms with van der Waals surface area (Å²) in [6.07, 6.45) is 3.19. The molecule has 0 saturated carbocycles. The first kappa shape index (κ1) is 11.8. The van der Waals surface area contributed by atoms with Crippen molar-refractivity contribution in [3.63, 3.8) is 0 Å². The molecule has 0 saturated heterocycles. The predicted octanol–water partition coefficient (Wildman–Crippen LogP) is 2.99. The lowest BCUT2D eigenvalue weighted by Crippen LogP contribution is -2.04. The molecule has 0 aliphatic carbocycles. The molecule has 3 rings (SSSR count). The zero-order valence-electron chi connectivity index (χ0n) is 10.2. The lowest BCUT2D eigenvalue weighted by Gasteiger charge is -1.96. The molecule has 0 unspecified atom stereocenters. The monoisotopic (exact) mass is 270 g/mol. The minimum absolute atomic E-state index is 0.116. The maximum atomic E-state index is 12.4. The second kappa shape index (κ2) is 4.44. The number of carbonyl (C=O) groups excluding carboxylic acids is 2. The standard InChI is InChI=1S/C14H10N2O2S/c1-9(17)16-8-11(10-4-2-3-5-12(10)16)13(18)14-15-6-7-19-14/h2-8H,1H3. The topological polar surface area (TPSA) is 52.0 Å². The van der Waals surface area contributed by atoms with Crippen molar-refractivity contribution in [2.24, 2.45) is 0 Å². The van der Waals surface area contributed by atoms with Crippen LogP contribution in [0.1, 0.15) is 27.1 Å². The van der Waals surface area contributed by atoms with Crippen LogP contribution < -0.4 is 0 Å². The maximum absolute atomic E-state index is 12.4. The van der Waals surface area contributed by atoms with Gasteiger partial charge in [-0.2, -0.15) is 0 Å². The van der Waals surface area contributed by atoms with Gasteiger partial charge in [0.25, 0.3) is 0 Å². The van der Waals surface area contributed by atoms with E-state index >= 15 is 0 Å². The molecular formula is C14H10N2O2S. The smallest absolute Gasteiger partial charge is 0.227 e. The third-order valence-electron chi connectivity index (χ3n) is 2.92. The van der Waals surface area contributed by atoms with Gasteiger partial charge in [-0.15, -0.1) is 11.3 Å². The summed E-state index contributed by atoms with van der Waals surface area (Å²) in [6, 6.07) is 7.37. The number of benzene rings is 1. The van der Waals surface area contributed by atoms with E-state index in [1.807, 2.05) is 24.3 Å². The van der Waals surface area contributed by atoms with Crippen molar-refractivity contribution in [1.82, 2.24) is 9.55 Å². The van der Waals surface area contributed by atoms with Crippen molar-refractivity contribution < 1.29 is 9.59 Å². The van der Waals surface area contributed by atoms with E-state index in [1.165, 1.54) is 22.8 Å². The SMILES string of the molecule is CC(=O)n1cc(C(=O)c2nccs2)c2ccccc21. The van der Waals surface area contributed by atoms with Gasteiger partial charge in [-0.1, -0.05) is 18.2 Å². The van der Waals surface area contributed by atoms with Crippen molar-refractivity contribution >= 4 is 33.9 Å². The summed E-state index contributed by atoms with van der Waals surface area (Å²) in [5.41, 5.74) is 1.26. The van der Waals surface area contributed by atoms with Crippen molar-refractivity contribution in [1.29, 1.82) is 0 Å². The molecule has 0 N–H and O–H groups in total. The molecule has 2 heterocycles. The van der Waals surface area contributed by atoms with Crippen LogP contribution in [0.4, 0.5) is 0 Å². The van der Waals surface area contributed by atoms with Crippen LogP contribution in [0.15, 0.2) is 42.0 Å². The van der Waals surface area contributed by atoms with Gasteiger partial charge in [0.15, 0.2) is 5.01 Å². The summed E-state index contributed by atoms with van der Waals surface area (Å²) in [5, 5.41) is 2.97. The van der Waals surface area contributed by atoms with Gasteiger partial charge in [0.05, 0.1) is 11.1 Å². The third-order valence-corrected chi connectivity index (χ3v) is 3.69. The van der Waals surface area contributed by atoms with Gasteiger partial charge < -0.3 is 0 Å². The Morgan fingerprint density at radius 1 is 1.26 bits per heavy atom. The van der Waals surface area contributed by atoms with E-state index in [-0.39, 0.29) is 11.7 Å². The first-order valence-corrected chi connectivity index (χ1v) is 6.61. The second-order valence-electron chi connectivity index (χ2n) is 4.12. The van der Waals surface area contributed by atoms with Crippen LogP contribution in [0.3, 0.4) is 0 Å². The van der Waals surface area contributed by atoms with Crippen LogP contribution in [-0.2, 0) is 0 Å². The normalized spacial score (nSPS) is 10.8. The Bertz CT molecular complexity index is 772. The van der Waals surface area contributed by atoms with Crippen molar-refractivity contribution in [2.45, 2.75) is 6.92 Å². The number of fused-ring (bicyclic) bond motifs is 1. The Labute approximate surface area is 113 Å². The highest BCUT2D eigenvalue weighted by Crippen LogP contribution is 2.24. The molecule has 5 heteroatoms. The molecule has 3 aromatic rings. The number of ketones is 1. The van der Waals surface area contributed by atoms with Crippen molar-refractivity contribution in [3.05, 3.63) is 52.6 Å². The van der Waals surface area contributed by atoms with Gasteiger partial charge in [-0.05, 0) is 6.07 Å². The number of carbonyl (C=O) groups is 2. The fourth-order valence-electron chi connectivity index (χ4n) is 2.07. The molecule has 0 radical (unpaired) electrons. The molecule has 4 nitrogen and oxygen atoms in total. The molecule has 2 aromatic heterocycles. The molecule has 0 aliphatic heterocycles. The van der Waals surface area contributed by atoms with Gasteiger partial charge in [0.2, 0.25) is 11.7 Å². The van der Waals surface area contributed by atoms with E-state index in [0.29, 0.717) is 10.6 Å². The first-order chi connectivity index (χ1) is 9.18. The number of aromatic nitrogens is 2. The number of para-hydroxylation sites is 1. The average Bonchev–Trinajstić information content (AvgIpc) is 3.05. The summed E-state index contributed by atoms with van der Waals surface area (Å²) < 4.78 is 1.50. The lowest BCUT2D eigenvalue weighted by atomic mass is 10.1. The molecule has 94 valence electrons. The van der Waals surface area contributed by atoms with Gasteiger partial charge >= 0.3 is 0 Å². The van der Waals surface area contributed by atoms with Crippen LogP contribution in [0.2, 0.25) is 0 Å². The fourth-order valence-corrected chi connectivity index (χ4v) is 2.66. The fraction of sp³-hybridized carbons (Fsp3) is 0.0714. The van der Waals surface area contributed by atoms with E-state index < -0.39 is 0 Å².